The molecular weight excluding hydrogens is 250 g/mol. The van der Waals surface area contributed by atoms with E-state index in [1.54, 1.807) is 6.07 Å². The Morgan fingerprint density at radius 2 is 2.39 bits per heavy atom. The highest BCUT2D eigenvalue weighted by molar-refractivity contribution is 7.13. The fourth-order valence-corrected chi connectivity index (χ4v) is 3.12. The number of nitro groups is 1. The van der Waals surface area contributed by atoms with Crippen LogP contribution < -0.4 is 5.32 Å². The van der Waals surface area contributed by atoms with E-state index in [1.165, 1.54) is 24.2 Å². The topological polar surface area (TPSA) is 58.4 Å². The largest absolute Gasteiger partial charge is 0.324 e. The van der Waals surface area contributed by atoms with Crippen LogP contribution in [0.15, 0.2) is 11.4 Å². The Hall–Kier alpha value is -0.980. The molecule has 1 saturated heterocycles. The fraction of sp³-hybridized carbons (Fsp3) is 0.667. The van der Waals surface area contributed by atoms with E-state index in [9.17, 15) is 10.1 Å². The summed E-state index contributed by atoms with van der Waals surface area (Å²) in [7, 11) is 2.11. The second-order valence-corrected chi connectivity index (χ2v) is 5.69. The molecule has 1 atom stereocenters. The van der Waals surface area contributed by atoms with Gasteiger partial charge in [0.1, 0.15) is 0 Å². The quantitative estimate of drug-likeness (QED) is 0.672. The third-order valence-electron chi connectivity index (χ3n) is 3.42. The van der Waals surface area contributed by atoms with Crippen LogP contribution in [0.3, 0.4) is 0 Å². The molecule has 18 heavy (non-hydrogen) atoms. The minimum atomic E-state index is -0.316. The van der Waals surface area contributed by atoms with E-state index in [2.05, 4.69) is 17.3 Å². The molecule has 1 aliphatic heterocycles. The molecule has 1 aromatic heterocycles. The summed E-state index contributed by atoms with van der Waals surface area (Å²) in [6, 6.07) is 2.27. The predicted molar refractivity (Wildman–Crippen MR) is 72.9 cm³/mol. The first-order valence-corrected chi connectivity index (χ1v) is 7.17. The summed E-state index contributed by atoms with van der Waals surface area (Å²) in [5.41, 5.74) is 1.05. The van der Waals surface area contributed by atoms with Crippen LogP contribution >= 0.6 is 11.3 Å². The second kappa shape index (κ2) is 6.26. The zero-order valence-electron chi connectivity index (χ0n) is 10.6. The number of thiophene rings is 1. The Bertz CT molecular complexity index is 400. The average Bonchev–Trinajstić information content (AvgIpc) is 2.64. The molecule has 5 nitrogen and oxygen atoms in total. The highest BCUT2D eigenvalue weighted by Gasteiger charge is 2.18. The van der Waals surface area contributed by atoms with Gasteiger partial charge in [0.15, 0.2) is 0 Å². The van der Waals surface area contributed by atoms with Crippen LogP contribution in [0, 0.1) is 10.1 Å². The van der Waals surface area contributed by atoms with E-state index >= 15 is 0 Å². The van der Waals surface area contributed by atoms with Crippen molar-refractivity contribution in [2.24, 2.45) is 0 Å². The van der Waals surface area contributed by atoms with Crippen LogP contribution in [0.4, 0.5) is 5.00 Å². The molecule has 0 spiro atoms. The van der Waals surface area contributed by atoms with E-state index in [-0.39, 0.29) is 9.92 Å². The average molecular weight is 269 g/mol. The van der Waals surface area contributed by atoms with E-state index in [0.717, 1.165) is 31.6 Å². The molecule has 0 radical (unpaired) electrons. The number of hydrogen-bond donors (Lipinski definition) is 1. The summed E-state index contributed by atoms with van der Waals surface area (Å²) in [5, 5.41) is 16.2. The lowest BCUT2D eigenvalue weighted by molar-refractivity contribution is -0.380. The van der Waals surface area contributed by atoms with Crippen molar-refractivity contribution in [2.75, 3.05) is 20.1 Å². The summed E-state index contributed by atoms with van der Waals surface area (Å²) in [6.45, 7) is 2.97. The molecule has 2 heterocycles. The van der Waals surface area contributed by atoms with E-state index in [0.29, 0.717) is 6.04 Å². The van der Waals surface area contributed by atoms with Crippen molar-refractivity contribution in [3.63, 3.8) is 0 Å². The zero-order chi connectivity index (χ0) is 13.0. The zero-order valence-corrected chi connectivity index (χ0v) is 11.4. The molecule has 100 valence electrons. The molecular formula is C12H19N3O2S. The van der Waals surface area contributed by atoms with Crippen LogP contribution in [0.25, 0.3) is 0 Å². The molecule has 0 saturated carbocycles. The maximum absolute atomic E-state index is 10.6. The first-order valence-electron chi connectivity index (χ1n) is 6.29. The summed E-state index contributed by atoms with van der Waals surface area (Å²) in [4.78, 5) is 12.6. The van der Waals surface area contributed by atoms with E-state index in [1.807, 2.05) is 5.38 Å². The van der Waals surface area contributed by atoms with Crippen molar-refractivity contribution in [3.8, 4) is 0 Å². The van der Waals surface area contributed by atoms with Crippen LogP contribution in [0.2, 0.25) is 0 Å². The van der Waals surface area contributed by atoms with Gasteiger partial charge in [-0.05, 0) is 45.0 Å². The Labute approximate surface area is 111 Å². The Kier molecular flexibility index (Phi) is 4.68. The molecule has 1 unspecified atom stereocenters. The van der Waals surface area contributed by atoms with Gasteiger partial charge in [-0.15, -0.1) is 0 Å². The number of nitrogens with zero attached hydrogens (tertiary/aromatic N) is 2. The molecule has 1 fully saturated rings. The molecule has 0 aliphatic carbocycles. The van der Waals surface area contributed by atoms with Crippen LogP contribution in [0.5, 0.6) is 0 Å². The van der Waals surface area contributed by atoms with Crippen molar-refractivity contribution in [1.82, 2.24) is 10.2 Å². The van der Waals surface area contributed by atoms with Crippen molar-refractivity contribution in [3.05, 3.63) is 27.1 Å². The molecule has 0 bridgehead atoms. The van der Waals surface area contributed by atoms with E-state index in [4.69, 9.17) is 0 Å². The lowest BCUT2D eigenvalue weighted by atomic mass is 10.1. The molecule has 1 N–H and O–H groups in total. The maximum atomic E-state index is 10.6. The number of nitrogens with one attached hydrogen (secondary N) is 1. The lowest BCUT2D eigenvalue weighted by Crippen LogP contribution is -2.31. The third kappa shape index (κ3) is 3.51. The maximum Gasteiger partial charge on any atom is 0.324 e. The van der Waals surface area contributed by atoms with Gasteiger partial charge >= 0.3 is 5.00 Å². The normalized spacial score (nSPS) is 20.9. The molecule has 0 amide bonds. The second-order valence-electron chi connectivity index (χ2n) is 4.80. The van der Waals surface area contributed by atoms with Crippen molar-refractivity contribution in [1.29, 1.82) is 0 Å². The third-order valence-corrected chi connectivity index (χ3v) is 4.35. The predicted octanol–water partition coefficient (Wildman–Crippen LogP) is 2.23. The SMILES string of the molecule is CN(Cc1csc([N+](=O)[O-])c1)C1CCCNCC1. The minimum Gasteiger partial charge on any atom is -0.317 e. The Morgan fingerprint density at radius 1 is 1.56 bits per heavy atom. The Morgan fingerprint density at radius 3 is 3.11 bits per heavy atom. The smallest absolute Gasteiger partial charge is 0.317 e. The highest BCUT2D eigenvalue weighted by Crippen LogP contribution is 2.24. The van der Waals surface area contributed by atoms with Crippen LogP contribution in [-0.4, -0.2) is 36.0 Å². The van der Waals surface area contributed by atoms with Gasteiger partial charge in [0.2, 0.25) is 0 Å². The van der Waals surface area contributed by atoms with Gasteiger partial charge in [-0.3, -0.25) is 15.0 Å². The van der Waals surface area contributed by atoms with Gasteiger partial charge in [0.25, 0.3) is 0 Å². The van der Waals surface area contributed by atoms with Gasteiger partial charge in [0.05, 0.1) is 4.92 Å². The summed E-state index contributed by atoms with van der Waals surface area (Å²) < 4.78 is 0. The van der Waals surface area contributed by atoms with Crippen molar-refractivity contribution < 1.29 is 4.92 Å². The molecule has 2 rings (SSSR count). The summed E-state index contributed by atoms with van der Waals surface area (Å²) in [5.74, 6) is 0. The van der Waals surface area contributed by atoms with Gasteiger partial charge in [-0.2, -0.15) is 0 Å². The van der Waals surface area contributed by atoms with E-state index < -0.39 is 0 Å². The molecule has 1 aromatic rings. The van der Waals surface area contributed by atoms with Crippen molar-refractivity contribution >= 4 is 16.3 Å². The van der Waals surface area contributed by atoms with Gasteiger partial charge < -0.3 is 5.32 Å². The molecule has 1 aliphatic rings. The first kappa shape index (κ1) is 13.5. The van der Waals surface area contributed by atoms with Crippen LogP contribution in [-0.2, 0) is 6.54 Å². The first-order chi connectivity index (χ1) is 8.66. The van der Waals surface area contributed by atoms with Crippen LogP contribution in [0.1, 0.15) is 24.8 Å². The summed E-state index contributed by atoms with van der Waals surface area (Å²) in [6.07, 6.45) is 3.57. The highest BCUT2D eigenvalue weighted by atomic mass is 32.1. The monoisotopic (exact) mass is 269 g/mol. The number of rotatable bonds is 4. The standard InChI is InChI=1S/C12H19N3O2S/c1-14(11-3-2-5-13-6-4-11)8-10-7-12(15(16)17)18-9-10/h7,9,11,13H,2-6,8H2,1H3. The fourth-order valence-electron chi connectivity index (χ4n) is 2.40. The van der Waals surface area contributed by atoms with Gasteiger partial charge in [-0.1, -0.05) is 11.3 Å². The number of hydrogen-bond acceptors (Lipinski definition) is 5. The Balaban J connectivity index is 1.92. The van der Waals surface area contributed by atoms with Gasteiger partial charge in [-0.25, -0.2) is 0 Å². The van der Waals surface area contributed by atoms with Gasteiger partial charge in [0, 0.05) is 24.0 Å². The molecule has 6 heteroatoms. The van der Waals surface area contributed by atoms with Crippen molar-refractivity contribution in [2.45, 2.75) is 31.8 Å². The minimum absolute atomic E-state index is 0.237. The lowest BCUT2D eigenvalue weighted by Gasteiger charge is -2.26. The summed E-state index contributed by atoms with van der Waals surface area (Å²) >= 11 is 1.21. The molecule has 0 aromatic carbocycles.